The summed E-state index contributed by atoms with van der Waals surface area (Å²) in [5.41, 5.74) is 5.40. The van der Waals surface area contributed by atoms with Crippen LogP contribution in [0.2, 0.25) is 0 Å². The van der Waals surface area contributed by atoms with Gasteiger partial charge in [0.1, 0.15) is 6.61 Å². The molecule has 0 aromatic heterocycles. The summed E-state index contributed by atoms with van der Waals surface area (Å²) < 4.78 is 33.2. The zero-order chi connectivity index (χ0) is 61.6. The van der Waals surface area contributed by atoms with Gasteiger partial charge in [-0.2, -0.15) is 0 Å². The van der Waals surface area contributed by atoms with Gasteiger partial charge in [0.05, 0.1) is 13.2 Å². The van der Waals surface area contributed by atoms with Crippen LogP contribution in [0.3, 0.4) is 0 Å². The second-order valence-electron chi connectivity index (χ2n) is 22.3. The minimum Gasteiger partial charge on any atom is -0.462 e. The van der Waals surface area contributed by atoms with Crippen LogP contribution in [-0.4, -0.2) is 49.3 Å². The van der Waals surface area contributed by atoms with Crippen LogP contribution in [0.25, 0.3) is 0 Å². The molecule has 2 unspecified atom stereocenters. The zero-order valence-corrected chi connectivity index (χ0v) is 55.2. The first-order chi connectivity index (χ1) is 41.8. The van der Waals surface area contributed by atoms with Crippen LogP contribution in [0.4, 0.5) is 0 Å². The number of phosphoric acid groups is 1. The summed E-state index contributed by atoms with van der Waals surface area (Å²) >= 11 is 0. The van der Waals surface area contributed by atoms with Crippen molar-refractivity contribution < 1.29 is 37.6 Å². The largest absolute Gasteiger partial charge is 0.472 e. The average molecular weight is 1200 g/mol. The van der Waals surface area contributed by atoms with Crippen LogP contribution < -0.4 is 5.73 Å². The molecule has 0 heterocycles. The maximum atomic E-state index is 12.8. The highest BCUT2D eigenvalue weighted by Gasteiger charge is 2.26. The zero-order valence-electron chi connectivity index (χ0n) is 54.3. The molecule has 0 fully saturated rings. The molecule has 10 heteroatoms. The van der Waals surface area contributed by atoms with Crippen LogP contribution >= 0.6 is 7.82 Å². The van der Waals surface area contributed by atoms with E-state index in [2.05, 4.69) is 160 Å². The van der Waals surface area contributed by atoms with E-state index >= 15 is 0 Å². The van der Waals surface area contributed by atoms with E-state index < -0.39 is 26.5 Å². The van der Waals surface area contributed by atoms with Crippen LogP contribution in [0.15, 0.2) is 146 Å². The second-order valence-corrected chi connectivity index (χ2v) is 23.8. The normalized spacial score (nSPS) is 13.9. The first kappa shape index (κ1) is 80.9. The molecule has 0 bridgehead atoms. The molecule has 0 aromatic rings. The van der Waals surface area contributed by atoms with Crippen molar-refractivity contribution in [1.29, 1.82) is 0 Å². The molecule has 0 spiro atoms. The van der Waals surface area contributed by atoms with Crippen molar-refractivity contribution in [3.63, 3.8) is 0 Å². The van der Waals surface area contributed by atoms with Gasteiger partial charge >= 0.3 is 19.8 Å². The van der Waals surface area contributed by atoms with Crippen LogP contribution in [0.5, 0.6) is 0 Å². The number of ether oxygens (including phenoxy) is 2. The average Bonchev–Trinajstić information content (AvgIpc) is 3.52. The fourth-order valence-corrected chi connectivity index (χ4v) is 9.93. The summed E-state index contributed by atoms with van der Waals surface area (Å²) in [7, 11) is -4.40. The Hall–Kier alpha value is -4.11. The number of rotatable bonds is 63. The van der Waals surface area contributed by atoms with E-state index in [1.165, 1.54) is 135 Å². The second kappa shape index (κ2) is 69.0. The van der Waals surface area contributed by atoms with E-state index in [9.17, 15) is 19.0 Å². The Bertz CT molecular complexity index is 1900. The maximum Gasteiger partial charge on any atom is 0.472 e. The predicted octanol–water partition coefficient (Wildman–Crippen LogP) is 22.6. The van der Waals surface area contributed by atoms with Crippen LogP contribution in [0, 0.1) is 0 Å². The minimum absolute atomic E-state index is 0.0456. The third kappa shape index (κ3) is 68.9. The molecule has 484 valence electrons. The van der Waals surface area contributed by atoms with Gasteiger partial charge in [0.2, 0.25) is 0 Å². The highest BCUT2D eigenvalue weighted by atomic mass is 31.2. The molecule has 0 saturated heterocycles. The fourth-order valence-electron chi connectivity index (χ4n) is 9.17. The van der Waals surface area contributed by atoms with Crippen molar-refractivity contribution >= 4 is 19.8 Å². The molecule has 0 aliphatic heterocycles. The monoisotopic (exact) mass is 1200 g/mol. The minimum atomic E-state index is -4.40. The van der Waals surface area contributed by atoms with Gasteiger partial charge in [-0.3, -0.25) is 18.6 Å². The topological polar surface area (TPSA) is 134 Å². The summed E-state index contributed by atoms with van der Waals surface area (Å²) in [6, 6.07) is 0. The fraction of sp³-hybridized carbons (Fsp3) is 0.653. The van der Waals surface area contributed by atoms with Gasteiger partial charge in [-0.25, -0.2) is 4.57 Å². The highest BCUT2D eigenvalue weighted by Crippen LogP contribution is 2.43. The molecular weight excluding hydrogens is 1070 g/mol. The summed E-state index contributed by atoms with van der Waals surface area (Å²) in [4.78, 5) is 35.3. The van der Waals surface area contributed by atoms with Gasteiger partial charge in [0.25, 0.3) is 0 Å². The van der Waals surface area contributed by atoms with Crippen molar-refractivity contribution in [1.82, 2.24) is 0 Å². The molecule has 0 saturated carbocycles. The van der Waals surface area contributed by atoms with Gasteiger partial charge < -0.3 is 20.1 Å². The van der Waals surface area contributed by atoms with Crippen LogP contribution in [0.1, 0.15) is 284 Å². The van der Waals surface area contributed by atoms with Crippen molar-refractivity contribution in [3.05, 3.63) is 146 Å². The Labute approximate surface area is 522 Å². The molecule has 0 radical (unpaired) electrons. The summed E-state index contributed by atoms with van der Waals surface area (Å²) in [6.07, 6.45) is 99.2. The molecule has 2 atom stereocenters. The molecule has 0 aromatic carbocycles. The summed E-state index contributed by atoms with van der Waals surface area (Å²) in [5.74, 6) is -0.840. The van der Waals surface area contributed by atoms with Gasteiger partial charge in [-0.1, -0.05) is 295 Å². The quantitative estimate of drug-likeness (QED) is 0.0264. The molecular formula is C75H126NO8P. The highest BCUT2D eigenvalue weighted by molar-refractivity contribution is 7.47. The summed E-state index contributed by atoms with van der Waals surface area (Å²) in [5, 5.41) is 0. The third-order valence-corrected chi connectivity index (χ3v) is 15.2. The van der Waals surface area contributed by atoms with Crippen LogP contribution in [-0.2, 0) is 32.7 Å². The molecule has 0 rings (SSSR count). The molecule has 9 nitrogen and oxygen atoms in total. The Balaban J connectivity index is 3.97. The number of nitrogens with two attached hydrogens (primary N) is 1. The summed E-state index contributed by atoms with van der Waals surface area (Å²) in [6.45, 7) is 3.62. The number of hydrogen-bond donors (Lipinski definition) is 2. The van der Waals surface area contributed by atoms with Crippen molar-refractivity contribution in [2.24, 2.45) is 5.73 Å². The van der Waals surface area contributed by atoms with Gasteiger partial charge in [-0.15, -0.1) is 0 Å². The predicted molar refractivity (Wildman–Crippen MR) is 367 cm³/mol. The SMILES string of the molecule is CC/C=C\C/C=C\C/C=C\C/C=C\C/C=C\C/C=C\C/C=C\C/C=C\C/C=C\CCCCCCCCCCCC(=O)OC(COC(=O)CCCCCCCCCCCCCC/C=C\C/C=C\C/C=C\CCCCCCC)COP(=O)(O)OCCN. The Morgan fingerprint density at radius 1 is 0.365 bits per heavy atom. The van der Waals surface area contributed by atoms with Crippen molar-refractivity contribution in [3.8, 4) is 0 Å². The van der Waals surface area contributed by atoms with Gasteiger partial charge in [0, 0.05) is 19.4 Å². The van der Waals surface area contributed by atoms with E-state index in [0.29, 0.717) is 6.42 Å². The number of esters is 2. The van der Waals surface area contributed by atoms with Gasteiger partial charge in [-0.05, 0) is 122 Å². The molecule has 0 amide bonds. The van der Waals surface area contributed by atoms with E-state index in [1.807, 2.05) is 0 Å². The Morgan fingerprint density at radius 3 is 0.965 bits per heavy atom. The number of phosphoric ester groups is 1. The third-order valence-electron chi connectivity index (χ3n) is 14.2. The maximum absolute atomic E-state index is 12.8. The van der Waals surface area contributed by atoms with Crippen molar-refractivity contribution in [2.45, 2.75) is 290 Å². The first-order valence-corrected chi connectivity index (χ1v) is 35.8. The smallest absolute Gasteiger partial charge is 0.462 e. The van der Waals surface area contributed by atoms with Crippen molar-refractivity contribution in [2.75, 3.05) is 26.4 Å². The number of unbranched alkanes of at least 4 members (excludes halogenated alkanes) is 26. The lowest BCUT2D eigenvalue weighted by Crippen LogP contribution is -2.29. The molecule has 3 N–H and O–H groups in total. The Kier molecular flexibility index (Phi) is 65.7. The van der Waals surface area contributed by atoms with E-state index in [4.69, 9.17) is 24.3 Å². The molecule has 0 aliphatic rings. The number of allylic oxidation sites excluding steroid dienone is 24. The lowest BCUT2D eigenvalue weighted by Gasteiger charge is -2.19. The standard InChI is InChI=1S/C75H126NO8P/c1-3-5-7-9-11-13-15-17-19-21-23-25-27-29-31-32-33-34-35-36-37-38-39-40-42-44-46-48-50-52-54-56-58-60-62-64-66-68-75(78)84-73(72-83-85(79,80)82-70-69-76)71-81-74(77)67-65-63-61-59-57-55-53-51-49-47-45-43-41-30-28-26-24-22-20-18-16-14-12-10-8-6-4-2/h5,7,11,13,16-19,22-25,28-31,33-34,36-37,39-40,44,46,73H,3-4,6,8-10,12,14-15,20-21,26-27,32,35,38,41-43,45,47-72,76H2,1-2H3,(H,79,80)/b7-5-,13-11-,18-16-,19-17-,24-22-,25-23-,30-28-,31-29-,34-33-,37-36-,40-39-,46-44-. The number of hydrogen-bond acceptors (Lipinski definition) is 8. The Morgan fingerprint density at radius 2 is 0.647 bits per heavy atom. The number of carbonyl (C=O) groups is 2. The van der Waals surface area contributed by atoms with Gasteiger partial charge in [0.15, 0.2) is 6.10 Å². The lowest BCUT2D eigenvalue weighted by atomic mass is 10.0. The van der Waals surface area contributed by atoms with E-state index in [1.54, 1.807) is 0 Å². The number of carbonyl (C=O) groups excluding carboxylic acids is 2. The van der Waals surface area contributed by atoms with E-state index in [-0.39, 0.29) is 38.6 Å². The lowest BCUT2D eigenvalue weighted by molar-refractivity contribution is -0.161. The first-order valence-electron chi connectivity index (χ1n) is 34.3. The molecule has 0 aliphatic carbocycles. The molecule has 85 heavy (non-hydrogen) atoms. The van der Waals surface area contributed by atoms with E-state index in [0.717, 1.165) is 116 Å².